The number of amides is 1. The summed E-state index contributed by atoms with van der Waals surface area (Å²) < 4.78 is 0. The molecule has 1 aliphatic heterocycles. The van der Waals surface area contributed by atoms with E-state index >= 15 is 0 Å². The van der Waals surface area contributed by atoms with Gasteiger partial charge in [0.25, 0.3) is 0 Å². The fourth-order valence-corrected chi connectivity index (χ4v) is 6.96. The summed E-state index contributed by atoms with van der Waals surface area (Å²) >= 11 is 0. The van der Waals surface area contributed by atoms with Gasteiger partial charge in [0.2, 0.25) is 5.91 Å². The van der Waals surface area contributed by atoms with Crippen LogP contribution in [-0.2, 0) is 4.79 Å². The van der Waals surface area contributed by atoms with Crippen LogP contribution in [0.2, 0.25) is 0 Å². The predicted molar refractivity (Wildman–Crippen MR) is 82.8 cm³/mol. The molecule has 5 heteroatoms. The largest absolute Gasteiger partial charge is 0.390 e. The molecule has 1 saturated heterocycles. The predicted octanol–water partition coefficient (Wildman–Crippen LogP) is 1.16. The Morgan fingerprint density at radius 3 is 2.52 bits per heavy atom. The zero-order valence-corrected chi connectivity index (χ0v) is 13.4. The van der Waals surface area contributed by atoms with Gasteiger partial charge < -0.3 is 15.7 Å². The average molecular weight is 315 g/mol. The lowest BCUT2D eigenvalue weighted by molar-refractivity contribution is -0.177. The van der Waals surface area contributed by atoms with Crippen molar-refractivity contribution in [3.63, 3.8) is 0 Å². The molecule has 5 aliphatic carbocycles. The summed E-state index contributed by atoms with van der Waals surface area (Å²) in [4.78, 5) is 14.9. The zero-order valence-electron chi connectivity index (χ0n) is 13.4. The number of likely N-dealkylation sites (tertiary alicyclic amines) is 1. The molecule has 6 rings (SSSR count). The third kappa shape index (κ3) is 1.88. The summed E-state index contributed by atoms with van der Waals surface area (Å²) in [5.41, 5.74) is 5.71. The highest BCUT2D eigenvalue weighted by atomic mass is 16.3. The Morgan fingerprint density at radius 1 is 1.22 bits per heavy atom. The highest BCUT2D eigenvalue weighted by molar-refractivity contribution is 5.84. The van der Waals surface area contributed by atoms with Crippen LogP contribution < -0.4 is 5.73 Å². The van der Waals surface area contributed by atoms with Crippen LogP contribution in [0.3, 0.4) is 0 Å². The first kappa shape index (κ1) is 14.2. The summed E-state index contributed by atoms with van der Waals surface area (Å²) in [6.07, 6.45) is 7.48. The summed E-state index contributed by atoms with van der Waals surface area (Å²) in [5, 5.41) is 20.2. The van der Waals surface area contributed by atoms with Crippen LogP contribution in [0.4, 0.5) is 0 Å². The number of nitrogens with zero attached hydrogens (tertiary/aromatic N) is 2. The highest BCUT2D eigenvalue weighted by Gasteiger charge is 2.62. The monoisotopic (exact) mass is 315 g/mol. The molecule has 5 saturated carbocycles. The van der Waals surface area contributed by atoms with Gasteiger partial charge in [0.05, 0.1) is 17.7 Å². The summed E-state index contributed by atoms with van der Waals surface area (Å²) in [6, 6.07) is 1.72. The molecule has 4 bridgehead atoms. The summed E-state index contributed by atoms with van der Waals surface area (Å²) in [7, 11) is 0. The van der Waals surface area contributed by atoms with Gasteiger partial charge in [0.1, 0.15) is 6.04 Å². The van der Waals surface area contributed by atoms with Crippen molar-refractivity contribution in [1.29, 1.82) is 5.26 Å². The molecule has 6 fully saturated rings. The first-order valence-corrected chi connectivity index (χ1v) is 9.13. The fourth-order valence-electron chi connectivity index (χ4n) is 6.96. The standard InChI is InChI=1S/C18H25N3O2/c19-8-13-2-12-3-14(12)21(13)16(22)15(20)17-4-10-1-11(5-17)7-18(23,6-10)9-17/h10-15,23H,1-7,9,20H2/t10?,11?,12-,13+,14?,15-,17?,18?/m1/s1. The maximum atomic E-state index is 13.1. The number of nitrogens with two attached hydrogens (primary N) is 1. The van der Waals surface area contributed by atoms with Crippen LogP contribution in [0.25, 0.3) is 0 Å². The van der Waals surface area contributed by atoms with E-state index in [2.05, 4.69) is 6.07 Å². The zero-order chi connectivity index (χ0) is 16.0. The number of rotatable bonds is 2. The molecule has 3 N–H and O–H groups in total. The van der Waals surface area contributed by atoms with Crippen LogP contribution >= 0.6 is 0 Å². The molecule has 6 atom stereocenters. The lowest BCUT2D eigenvalue weighted by Gasteiger charge is -2.61. The first-order valence-electron chi connectivity index (χ1n) is 9.13. The molecule has 1 amide bonds. The van der Waals surface area contributed by atoms with Gasteiger partial charge >= 0.3 is 0 Å². The van der Waals surface area contributed by atoms with E-state index in [4.69, 9.17) is 5.73 Å². The van der Waals surface area contributed by atoms with Crippen molar-refractivity contribution in [3.05, 3.63) is 0 Å². The van der Waals surface area contributed by atoms with Gasteiger partial charge in [-0.1, -0.05) is 0 Å². The minimum atomic E-state index is -0.594. The first-order chi connectivity index (χ1) is 10.9. The van der Waals surface area contributed by atoms with Gasteiger partial charge in [-0.05, 0) is 74.5 Å². The molecular weight excluding hydrogens is 290 g/mol. The van der Waals surface area contributed by atoms with E-state index < -0.39 is 11.6 Å². The van der Waals surface area contributed by atoms with Crippen molar-refractivity contribution >= 4 is 5.91 Å². The van der Waals surface area contributed by atoms with Crippen LogP contribution in [0.15, 0.2) is 0 Å². The smallest absolute Gasteiger partial charge is 0.241 e. The van der Waals surface area contributed by atoms with Crippen LogP contribution in [0, 0.1) is 34.5 Å². The van der Waals surface area contributed by atoms with E-state index in [-0.39, 0.29) is 23.4 Å². The number of hydrogen-bond acceptors (Lipinski definition) is 4. The van der Waals surface area contributed by atoms with Gasteiger partial charge in [0, 0.05) is 6.04 Å². The number of carbonyl (C=O) groups excluding carboxylic acids is 1. The Hall–Kier alpha value is -1.12. The van der Waals surface area contributed by atoms with Gasteiger partial charge in [0.15, 0.2) is 0 Å². The number of aliphatic hydroxyl groups is 1. The topological polar surface area (TPSA) is 90.4 Å². The fraction of sp³-hybridized carbons (Fsp3) is 0.889. The molecule has 5 nitrogen and oxygen atoms in total. The molecule has 124 valence electrons. The van der Waals surface area contributed by atoms with E-state index in [1.165, 1.54) is 6.42 Å². The van der Waals surface area contributed by atoms with Crippen molar-refractivity contribution in [3.8, 4) is 6.07 Å². The van der Waals surface area contributed by atoms with Crippen molar-refractivity contribution in [2.45, 2.75) is 75.1 Å². The number of hydrogen-bond donors (Lipinski definition) is 2. The van der Waals surface area contributed by atoms with E-state index in [9.17, 15) is 15.2 Å². The van der Waals surface area contributed by atoms with Crippen molar-refractivity contribution < 1.29 is 9.90 Å². The highest BCUT2D eigenvalue weighted by Crippen LogP contribution is 2.63. The van der Waals surface area contributed by atoms with Crippen LogP contribution in [-0.4, -0.2) is 39.6 Å². The molecule has 0 aromatic carbocycles. The van der Waals surface area contributed by atoms with Gasteiger partial charge in [-0.25, -0.2) is 0 Å². The molecule has 0 radical (unpaired) electrons. The number of nitriles is 1. The minimum Gasteiger partial charge on any atom is -0.390 e. The SMILES string of the molecule is N#C[C@@H]1C[C@@H]2CC2N1C(=O)[C@@H](N)C12CC3CC(CC(O)(C3)C1)C2. The minimum absolute atomic E-state index is 0.0212. The second kappa shape index (κ2) is 4.29. The normalized spacial score (nSPS) is 53.8. The molecule has 3 unspecified atom stereocenters. The second-order valence-electron chi connectivity index (χ2n) is 9.21. The molecule has 0 spiro atoms. The molecule has 1 heterocycles. The number of carbonyl (C=O) groups is 1. The summed E-state index contributed by atoms with van der Waals surface area (Å²) in [5.74, 6) is 1.56. The van der Waals surface area contributed by atoms with E-state index in [0.29, 0.717) is 24.2 Å². The van der Waals surface area contributed by atoms with E-state index in [0.717, 1.165) is 38.5 Å². The second-order valence-corrected chi connectivity index (χ2v) is 9.21. The van der Waals surface area contributed by atoms with Crippen molar-refractivity contribution in [2.75, 3.05) is 0 Å². The van der Waals surface area contributed by atoms with E-state index in [1.807, 2.05) is 0 Å². The van der Waals surface area contributed by atoms with Crippen LogP contribution in [0.5, 0.6) is 0 Å². The van der Waals surface area contributed by atoms with Crippen LogP contribution in [0.1, 0.15) is 51.4 Å². The number of piperidine rings is 1. The summed E-state index contributed by atoms with van der Waals surface area (Å²) in [6.45, 7) is 0. The molecule has 0 aromatic heterocycles. The molecule has 23 heavy (non-hydrogen) atoms. The number of fused-ring (bicyclic) bond motifs is 1. The Balaban J connectivity index is 1.43. The van der Waals surface area contributed by atoms with Gasteiger partial charge in [-0.3, -0.25) is 4.79 Å². The average Bonchev–Trinajstić information content (AvgIpc) is 3.14. The third-order valence-electron chi connectivity index (χ3n) is 7.51. The Labute approximate surface area is 136 Å². The third-order valence-corrected chi connectivity index (χ3v) is 7.51. The Bertz CT molecular complexity index is 598. The Morgan fingerprint density at radius 2 is 1.91 bits per heavy atom. The quantitative estimate of drug-likeness (QED) is 0.800. The van der Waals surface area contributed by atoms with Crippen molar-refractivity contribution in [2.24, 2.45) is 28.9 Å². The van der Waals surface area contributed by atoms with Gasteiger partial charge in [-0.15, -0.1) is 0 Å². The lowest BCUT2D eigenvalue weighted by atomic mass is 9.46. The maximum absolute atomic E-state index is 13.1. The molecule has 6 aliphatic rings. The Kier molecular flexibility index (Phi) is 2.65. The maximum Gasteiger partial charge on any atom is 0.241 e. The van der Waals surface area contributed by atoms with Gasteiger partial charge in [-0.2, -0.15) is 5.26 Å². The lowest BCUT2D eigenvalue weighted by Crippen LogP contribution is -2.64. The molecule has 0 aromatic rings. The molecular formula is C18H25N3O2. The van der Waals surface area contributed by atoms with Crippen molar-refractivity contribution in [1.82, 2.24) is 4.90 Å². The van der Waals surface area contributed by atoms with E-state index in [1.54, 1.807) is 4.90 Å².